The Morgan fingerprint density at radius 3 is 2.67 bits per heavy atom. The second-order valence-corrected chi connectivity index (χ2v) is 6.18. The number of amides is 1. The zero-order valence-corrected chi connectivity index (χ0v) is 14.5. The average Bonchev–Trinajstić information content (AvgIpc) is 2.64. The van der Waals surface area contributed by atoms with Gasteiger partial charge in [-0.05, 0) is 41.3 Å². The molecule has 0 fully saturated rings. The number of aliphatic carboxylic acids is 1. The van der Waals surface area contributed by atoms with Crippen LogP contribution in [0.3, 0.4) is 0 Å². The topological polar surface area (TPSA) is 123 Å². The first-order valence-electron chi connectivity index (χ1n) is 8.25. The SMILES string of the molecule is Cc1ccc(CCC(C(=O)O)N2C(=O)COc3ccc([N+](=O)[O-])nc32)cc1. The van der Waals surface area contributed by atoms with Crippen molar-refractivity contribution in [1.82, 2.24) is 4.98 Å². The van der Waals surface area contributed by atoms with Crippen LogP contribution in [-0.2, 0) is 16.0 Å². The highest BCUT2D eigenvalue weighted by molar-refractivity contribution is 6.01. The predicted molar refractivity (Wildman–Crippen MR) is 94.8 cm³/mol. The molecule has 27 heavy (non-hydrogen) atoms. The molecule has 0 radical (unpaired) electrons. The number of rotatable bonds is 6. The first-order chi connectivity index (χ1) is 12.9. The van der Waals surface area contributed by atoms with Gasteiger partial charge in [-0.3, -0.25) is 9.69 Å². The molecule has 1 aromatic carbocycles. The van der Waals surface area contributed by atoms with Crippen molar-refractivity contribution in [3.63, 3.8) is 0 Å². The summed E-state index contributed by atoms with van der Waals surface area (Å²) in [5, 5.41) is 20.7. The van der Waals surface area contributed by atoms with Gasteiger partial charge in [-0.15, -0.1) is 0 Å². The number of benzene rings is 1. The van der Waals surface area contributed by atoms with E-state index in [-0.39, 0.29) is 24.6 Å². The molecule has 1 unspecified atom stereocenters. The van der Waals surface area contributed by atoms with Crippen molar-refractivity contribution in [1.29, 1.82) is 0 Å². The molecule has 1 aliphatic rings. The maximum atomic E-state index is 12.4. The second-order valence-electron chi connectivity index (χ2n) is 6.18. The number of carbonyl (C=O) groups is 2. The first-order valence-corrected chi connectivity index (χ1v) is 8.25. The van der Waals surface area contributed by atoms with Crippen LogP contribution in [0.15, 0.2) is 36.4 Å². The smallest absolute Gasteiger partial charge is 0.366 e. The molecular weight excluding hydrogens is 354 g/mol. The molecule has 1 aliphatic heterocycles. The van der Waals surface area contributed by atoms with Crippen molar-refractivity contribution in [2.24, 2.45) is 0 Å². The fraction of sp³-hybridized carbons (Fsp3) is 0.278. The van der Waals surface area contributed by atoms with Gasteiger partial charge in [0.25, 0.3) is 11.7 Å². The summed E-state index contributed by atoms with van der Waals surface area (Å²) in [6.07, 6.45) is 0.556. The molecule has 2 aromatic rings. The van der Waals surface area contributed by atoms with Crippen molar-refractivity contribution in [2.45, 2.75) is 25.8 Å². The summed E-state index contributed by atoms with van der Waals surface area (Å²) < 4.78 is 5.24. The minimum atomic E-state index is -1.21. The van der Waals surface area contributed by atoms with Crippen LogP contribution < -0.4 is 9.64 Å². The van der Waals surface area contributed by atoms with Gasteiger partial charge >= 0.3 is 11.8 Å². The molecule has 0 saturated carbocycles. The molecule has 1 amide bonds. The van der Waals surface area contributed by atoms with Gasteiger partial charge in [-0.2, -0.15) is 0 Å². The van der Waals surface area contributed by atoms with Gasteiger partial charge in [0.1, 0.15) is 6.04 Å². The van der Waals surface area contributed by atoms with Crippen molar-refractivity contribution < 1.29 is 24.4 Å². The number of hydrogen-bond acceptors (Lipinski definition) is 6. The summed E-state index contributed by atoms with van der Waals surface area (Å²) in [6, 6.07) is 8.89. The number of anilines is 1. The number of fused-ring (bicyclic) bond motifs is 1. The van der Waals surface area contributed by atoms with Crippen molar-refractivity contribution in [2.75, 3.05) is 11.5 Å². The lowest BCUT2D eigenvalue weighted by molar-refractivity contribution is -0.389. The maximum absolute atomic E-state index is 12.4. The Kier molecular flexibility index (Phi) is 5.02. The molecule has 2 heterocycles. The number of hydrogen-bond donors (Lipinski definition) is 1. The van der Waals surface area contributed by atoms with Gasteiger partial charge in [-0.25, -0.2) is 4.79 Å². The molecule has 0 spiro atoms. The van der Waals surface area contributed by atoms with E-state index >= 15 is 0 Å². The number of carboxylic acid groups (broad SMARTS) is 1. The van der Waals surface area contributed by atoms with Crippen LogP contribution >= 0.6 is 0 Å². The van der Waals surface area contributed by atoms with Crippen molar-refractivity contribution in [3.8, 4) is 5.75 Å². The Hall–Kier alpha value is -3.49. The van der Waals surface area contributed by atoms with Crippen LogP contribution in [0.1, 0.15) is 17.5 Å². The summed E-state index contributed by atoms with van der Waals surface area (Å²) in [4.78, 5) is 39.3. The molecule has 0 bridgehead atoms. The predicted octanol–water partition coefficient (Wildman–Crippen LogP) is 2.11. The molecule has 140 valence electrons. The van der Waals surface area contributed by atoms with Gasteiger partial charge in [0.15, 0.2) is 12.4 Å². The van der Waals surface area contributed by atoms with Crippen LogP contribution in [-0.4, -0.2) is 39.5 Å². The summed E-state index contributed by atoms with van der Waals surface area (Å²) >= 11 is 0. The number of carbonyl (C=O) groups excluding carboxylic acids is 1. The third-order valence-corrected chi connectivity index (χ3v) is 4.28. The molecule has 1 atom stereocenters. The minimum Gasteiger partial charge on any atom is -0.480 e. The zero-order chi connectivity index (χ0) is 19.6. The number of aryl methyl sites for hydroxylation is 2. The summed E-state index contributed by atoms with van der Waals surface area (Å²) in [7, 11) is 0. The zero-order valence-electron chi connectivity index (χ0n) is 14.5. The Morgan fingerprint density at radius 1 is 1.33 bits per heavy atom. The monoisotopic (exact) mass is 371 g/mol. The van der Waals surface area contributed by atoms with Crippen LogP contribution in [0.4, 0.5) is 11.6 Å². The van der Waals surface area contributed by atoms with E-state index in [1.807, 2.05) is 31.2 Å². The van der Waals surface area contributed by atoms with E-state index in [0.29, 0.717) is 6.42 Å². The number of nitrogens with zero attached hydrogens (tertiary/aromatic N) is 3. The van der Waals surface area contributed by atoms with Crippen LogP contribution in [0.2, 0.25) is 0 Å². The van der Waals surface area contributed by atoms with Crippen LogP contribution in [0, 0.1) is 17.0 Å². The molecular formula is C18H17N3O6. The van der Waals surface area contributed by atoms with Gasteiger partial charge in [0.05, 0.1) is 0 Å². The Labute approximate surface area is 154 Å². The largest absolute Gasteiger partial charge is 0.480 e. The maximum Gasteiger partial charge on any atom is 0.366 e. The van der Waals surface area contributed by atoms with Crippen LogP contribution in [0.5, 0.6) is 5.75 Å². The highest BCUT2D eigenvalue weighted by Gasteiger charge is 2.40. The van der Waals surface area contributed by atoms with Gasteiger partial charge < -0.3 is 20.0 Å². The lowest BCUT2D eigenvalue weighted by atomic mass is 10.0. The Morgan fingerprint density at radius 2 is 2.04 bits per heavy atom. The van der Waals surface area contributed by atoms with Crippen molar-refractivity contribution in [3.05, 3.63) is 57.6 Å². The second kappa shape index (κ2) is 7.40. The normalized spacial score (nSPS) is 14.3. The molecule has 1 aromatic heterocycles. The highest BCUT2D eigenvalue weighted by atomic mass is 16.6. The third kappa shape index (κ3) is 3.86. The van der Waals surface area contributed by atoms with Crippen molar-refractivity contribution >= 4 is 23.5 Å². The number of pyridine rings is 1. The summed E-state index contributed by atoms with van der Waals surface area (Å²) in [6.45, 7) is 1.60. The van der Waals surface area contributed by atoms with E-state index in [9.17, 15) is 24.8 Å². The van der Waals surface area contributed by atoms with E-state index in [1.54, 1.807) is 0 Å². The molecule has 0 aliphatic carbocycles. The van der Waals surface area contributed by atoms with E-state index in [0.717, 1.165) is 22.1 Å². The molecule has 1 N–H and O–H groups in total. The summed E-state index contributed by atoms with van der Waals surface area (Å²) in [5.41, 5.74) is 2.02. The minimum absolute atomic E-state index is 0.133. The lowest BCUT2D eigenvalue weighted by Crippen LogP contribution is -2.50. The molecule has 0 saturated heterocycles. The standard InChI is InChI=1S/C18H17N3O6/c1-11-2-4-12(5-3-11)6-7-13(18(23)24)20-16(22)10-27-14-8-9-15(21(25)26)19-17(14)20/h2-5,8-9,13H,6-7,10H2,1H3,(H,23,24). The summed E-state index contributed by atoms with van der Waals surface area (Å²) in [5.74, 6) is -2.30. The van der Waals surface area contributed by atoms with E-state index in [2.05, 4.69) is 4.98 Å². The Bertz CT molecular complexity index is 896. The lowest BCUT2D eigenvalue weighted by Gasteiger charge is -2.30. The number of ether oxygens (including phenoxy) is 1. The quantitative estimate of drug-likeness (QED) is 0.609. The van der Waals surface area contributed by atoms with Gasteiger partial charge in [0, 0.05) is 6.07 Å². The first kappa shape index (κ1) is 18.3. The average molecular weight is 371 g/mol. The van der Waals surface area contributed by atoms with Crippen LogP contribution in [0.25, 0.3) is 0 Å². The molecule has 3 rings (SSSR count). The Balaban J connectivity index is 1.91. The fourth-order valence-corrected chi connectivity index (χ4v) is 2.88. The fourth-order valence-electron chi connectivity index (χ4n) is 2.88. The van der Waals surface area contributed by atoms with E-state index in [4.69, 9.17) is 4.74 Å². The van der Waals surface area contributed by atoms with E-state index < -0.39 is 28.7 Å². The number of nitro groups is 1. The molecule has 9 nitrogen and oxygen atoms in total. The molecule has 9 heteroatoms. The van der Waals surface area contributed by atoms with Gasteiger partial charge in [0.2, 0.25) is 0 Å². The number of carboxylic acids is 1. The third-order valence-electron chi connectivity index (χ3n) is 4.28. The number of aromatic nitrogens is 1. The van der Waals surface area contributed by atoms with Gasteiger partial charge in [-0.1, -0.05) is 29.8 Å². The highest BCUT2D eigenvalue weighted by Crippen LogP contribution is 2.34. The van der Waals surface area contributed by atoms with E-state index in [1.165, 1.54) is 6.07 Å².